The normalized spacial score (nSPS) is 16.0. The molecule has 154 valence electrons. The number of nitrogens with zero attached hydrogens (tertiary/aromatic N) is 3. The Balaban J connectivity index is 0.00000240. The molecule has 1 aromatic carbocycles. The Morgan fingerprint density at radius 2 is 1.93 bits per heavy atom. The van der Waals surface area contributed by atoms with Gasteiger partial charge in [-0.1, -0.05) is 24.3 Å². The first kappa shape index (κ1) is 21.0. The third kappa shape index (κ3) is 4.65. The number of aryl methyl sites for hydroxylation is 2. The standard InChI is InChI=1S/C20H24N6O2.ClH/c1-12-18(19(28)26-20(22-12)23-13(2)25-26)24-17(27)10-15-5-3-14(4-6-15)9-16-7-8-21-11-16;/h3-6,16,21H,7-11H2,1-2H3,(H,24,27)(H,22,23,25);1H. The van der Waals surface area contributed by atoms with Crippen LogP contribution in [0.25, 0.3) is 5.78 Å². The van der Waals surface area contributed by atoms with E-state index in [1.807, 2.05) is 12.1 Å². The summed E-state index contributed by atoms with van der Waals surface area (Å²) in [5.41, 5.74) is 2.46. The average molecular weight is 417 g/mol. The van der Waals surface area contributed by atoms with Crippen molar-refractivity contribution in [2.45, 2.75) is 33.1 Å². The van der Waals surface area contributed by atoms with Gasteiger partial charge in [0.05, 0.1) is 12.1 Å². The number of hydrogen-bond donors (Lipinski definition) is 3. The highest BCUT2D eigenvalue weighted by molar-refractivity contribution is 5.92. The highest BCUT2D eigenvalue weighted by Gasteiger charge is 2.16. The van der Waals surface area contributed by atoms with Crippen LogP contribution in [-0.2, 0) is 17.6 Å². The van der Waals surface area contributed by atoms with Gasteiger partial charge in [-0.3, -0.25) is 14.7 Å². The van der Waals surface area contributed by atoms with Gasteiger partial charge in [0, 0.05) is 0 Å². The van der Waals surface area contributed by atoms with Gasteiger partial charge < -0.3 is 10.6 Å². The molecule has 1 aliphatic rings. The van der Waals surface area contributed by atoms with Crippen molar-refractivity contribution in [2.24, 2.45) is 5.92 Å². The van der Waals surface area contributed by atoms with Gasteiger partial charge in [0.1, 0.15) is 11.5 Å². The Kier molecular flexibility index (Phi) is 6.34. The minimum absolute atomic E-state index is 0. The SMILES string of the molecule is Cc1nc2nc(C)c(NC(=O)Cc3ccc(CC4CCNC4)cc3)c(=O)n2[nH]1.Cl. The van der Waals surface area contributed by atoms with E-state index in [1.165, 1.54) is 16.5 Å². The largest absolute Gasteiger partial charge is 0.320 e. The summed E-state index contributed by atoms with van der Waals surface area (Å²) in [7, 11) is 0. The van der Waals surface area contributed by atoms with E-state index >= 15 is 0 Å². The van der Waals surface area contributed by atoms with Crippen molar-refractivity contribution >= 4 is 29.8 Å². The van der Waals surface area contributed by atoms with Crippen LogP contribution in [0.1, 0.15) is 29.1 Å². The van der Waals surface area contributed by atoms with E-state index in [-0.39, 0.29) is 36.0 Å². The van der Waals surface area contributed by atoms with Crippen LogP contribution in [0.3, 0.4) is 0 Å². The second kappa shape index (κ2) is 8.75. The molecule has 3 heterocycles. The number of hydrogen-bond acceptors (Lipinski definition) is 5. The van der Waals surface area contributed by atoms with Crippen LogP contribution in [0.15, 0.2) is 29.1 Å². The molecule has 1 atom stereocenters. The molecule has 1 unspecified atom stereocenters. The highest BCUT2D eigenvalue weighted by atomic mass is 35.5. The maximum atomic E-state index is 12.6. The molecule has 0 saturated carbocycles. The van der Waals surface area contributed by atoms with Crippen LogP contribution in [0, 0.1) is 19.8 Å². The molecule has 0 bridgehead atoms. The zero-order chi connectivity index (χ0) is 19.7. The number of rotatable bonds is 5. The number of carbonyl (C=O) groups is 1. The van der Waals surface area contributed by atoms with E-state index in [4.69, 9.17) is 0 Å². The monoisotopic (exact) mass is 416 g/mol. The first-order chi connectivity index (χ1) is 13.5. The number of nitrogens with one attached hydrogen (secondary N) is 3. The molecule has 0 radical (unpaired) electrons. The van der Waals surface area contributed by atoms with Gasteiger partial charge in [-0.15, -0.1) is 12.4 Å². The number of aromatic amines is 1. The number of carbonyl (C=O) groups excluding carboxylic acids is 1. The van der Waals surface area contributed by atoms with Gasteiger partial charge in [-0.25, -0.2) is 4.98 Å². The molecule has 3 aromatic rings. The number of amides is 1. The van der Waals surface area contributed by atoms with Gasteiger partial charge in [0.25, 0.3) is 11.3 Å². The molecule has 0 spiro atoms. The summed E-state index contributed by atoms with van der Waals surface area (Å²) in [6.45, 7) is 5.61. The lowest BCUT2D eigenvalue weighted by Gasteiger charge is -2.10. The summed E-state index contributed by atoms with van der Waals surface area (Å²) in [4.78, 5) is 33.5. The summed E-state index contributed by atoms with van der Waals surface area (Å²) in [6, 6.07) is 8.14. The summed E-state index contributed by atoms with van der Waals surface area (Å²) >= 11 is 0. The molecule has 1 saturated heterocycles. The second-order valence-electron chi connectivity index (χ2n) is 7.43. The smallest absolute Gasteiger partial charge is 0.298 e. The Morgan fingerprint density at radius 1 is 1.21 bits per heavy atom. The van der Waals surface area contributed by atoms with E-state index in [1.54, 1.807) is 13.8 Å². The molecule has 29 heavy (non-hydrogen) atoms. The number of H-pyrrole nitrogens is 1. The lowest BCUT2D eigenvalue weighted by molar-refractivity contribution is -0.115. The van der Waals surface area contributed by atoms with E-state index in [2.05, 4.69) is 37.8 Å². The van der Waals surface area contributed by atoms with Gasteiger partial charge in [0.15, 0.2) is 0 Å². The third-order valence-electron chi connectivity index (χ3n) is 5.13. The minimum atomic E-state index is -0.364. The van der Waals surface area contributed by atoms with Crippen molar-refractivity contribution in [3.05, 3.63) is 57.3 Å². The molecule has 8 nitrogen and oxygen atoms in total. The third-order valence-corrected chi connectivity index (χ3v) is 5.13. The molecule has 1 fully saturated rings. The van der Waals surface area contributed by atoms with E-state index in [0.717, 1.165) is 25.1 Å². The fourth-order valence-corrected chi connectivity index (χ4v) is 3.65. The Bertz CT molecular complexity index is 1070. The molecule has 0 aliphatic carbocycles. The Hall–Kier alpha value is -2.71. The second-order valence-corrected chi connectivity index (χ2v) is 7.43. The van der Waals surface area contributed by atoms with Crippen molar-refractivity contribution in [1.29, 1.82) is 0 Å². The molecule has 9 heteroatoms. The number of fused-ring (bicyclic) bond motifs is 1. The van der Waals surface area contributed by atoms with Crippen LogP contribution < -0.4 is 16.2 Å². The Morgan fingerprint density at radius 3 is 2.62 bits per heavy atom. The summed E-state index contributed by atoms with van der Waals surface area (Å²) in [6.07, 6.45) is 2.48. The quantitative estimate of drug-likeness (QED) is 0.588. The van der Waals surface area contributed by atoms with Gasteiger partial charge in [-0.05, 0) is 56.8 Å². The number of aromatic nitrogens is 4. The van der Waals surface area contributed by atoms with E-state index < -0.39 is 0 Å². The molecule has 1 aliphatic heterocycles. The van der Waals surface area contributed by atoms with Crippen molar-refractivity contribution in [2.75, 3.05) is 18.4 Å². The molecule has 4 rings (SSSR count). The number of halogens is 1. The summed E-state index contributed by atoms with van der Waals surface area (Å²) in [5.74, 6) is 1.33. The van der Waals surface area contributed by atoms with Crippen molar-refractivity contribution in [1.82, 2.24) is 24.9 Å². The maximum Gasteiger partial charge on any atom is 0.298 e. The van der Waals surface area contributed by atoms with Gasteiger partial charge in [-0.2, -0.15) is 9.50 Å². The lowest BCUT2D eigenvalue weighted by atomic mass is 9.97. The summed E-state index contributed by atoms with van der Waals surface area (Å²) in [5, 5.41) is 8.92. The zero-order valence-corrected chi connectivity index (χ0v) is 17.3. The molecule has 2 aromatic heterocycles. The van der Waals surface area contributed by atoms with Gasteiger partial charge >= 0.3 is 0 Å². The maximum absolute atomic E-state index is 12.6. The predicted octanol–water partition coefficient (Wildman–Crippen LogP) is 1.79. The topological polar surface area (TPSA) is 104 Å². The van der Waals surface area contributed by atoms with E-state index in [0.29, 0.717) is 23.2 Å². The number of benzene rings is 1. The van der Waals surface area contributed by atoms with E-state index in [9.17, 15) is 9.59 Å². The zero-order valence-electron chi connectivity index (χ0n) is 16.5. The fourth-order valence-electron chi connectivity index (χ4n) is 3.65. The average Bonchev–Trinajstić information content (AvgIpc) is 3.29. The van der Waals surface area contributed by atoms with Crippen LogP contribution in [0.4, 0.5) is 5.69 Å². The molecule has 3 N–H and O–H groups in total. The molecular formula is C20H25ClN6O2. The predicted molar refractivity (Wildman–Crippen MR) is 114 cm³/mol. The van der Waals surface area contributed by atoms with Crippen molar-refractivity contribution < 1.29 is 4.79 Å². The van der Waals surface area contributed by atoms with Crippen LogP contribution in [0.2, 0.25) is 0 Å². The summed E-state index contributed by atoms with van der Waals surface area (Å²) < 4.78 is 1.24. The fraction of sp³-hybridized carbons (Fsp3) is 0.400. The molecule has 1 amide bonds. The lowest BCUT2D eigenvalue weighted by Crippen LogP contribution is -2.26. The molecular weight excluding hydrogens is 392 g/mol. The van der Waals surface area contributed by atoms with Crippen LogP contribution >= 0.6 is 12.4 Å². The minimum Gasteiger partial charge on any atom is -0.320 e. The Labute approximate surface area is 174 Å². The van der Waals surface area contributed by atoms with Gasteiger partial charge in [0.2, 0.25) is 5.91 Å². The van der Waals surface area contributed by atoms with Crippen LogP contribution in [-0.4, -0.2) is 38.6 Å². The first-order valence-electron chi connectivity index (χ1n) is 9.54. The van der Waals surface area contributed by atoms with Crippen molar-refractivity contribution in [3.63, 3.8) is 0 Å². The van der Waals surface area contributed by atoms with Crippen LogP contribution in [0.5, 0.6) is 0 Å². The first-order valence-corrected chi connectivity index (χ1v) is 9.54. The number of anilines is 1. The highest BCUT2D eigenvalue weighted by Crippen LogP contribution is 2.16. The van der Waals surface area contributed by atoms with Crippen molar-refractivity contribution in [3.8, 4) is 0 Å².